The molecule has 0 atom stereocenters. The van der Waals surface area contributed by atoms with E-state index in [4.69, 9.17) is 16.3 Å². The highest BCUT2D eigenvalue weighted by atomic mass is 35.5. The molecule has 2 aliphatic rings. The number of ether oxygens (including phenoxy) is 1. The summed E-state index contributed by atoms with van der Waals surface area (Å²) in [6.07, 6.45) is 4.37. The first-order chi connectivity index (χ1) is 13.5. The van der Waals surface area contributed by atoms with Crippen LogP contribution in [0.1, 0.15) is 22.4 Å². The van der Waals surface area contributed by atoms with Gasteiger partial charge in [0.1, 0.15) is 10.9 Å². The van der Waals surface area contributed by atoms with Crippen LogP contribution < -0.4 is 4.74 Å². The Morgan fingerprint density at radius 2 is 2.07 bits per heavy atom. The third kappa shape index (κ3) is 3.93. The van der Waals surface area contributed by atoms with Crippen LogP contribution in [0.15, 0.2) is 24.3 Å². The molecule has 0 bridgehead atoms. The zero-order valence-electron chi connectivity index (χ0n) is 16.3. The molecule has 148 valence electrons. The summed E-state index contributed by atoms with van der Waals surface area (Å²) in [4.78, 5) is 16.8. The third-order valence-electron chi connectivity index (χ3n) is 5.43. The highest BCUT2D eigenvalue weighted by molar-refractivity contribution is 6.31. The van der Waals surface area contributed by atoms with Gasteiger partial charge in [-0.2, -0.15) is 5.10 Å². The Bertz CT molecular complexity index is 913. The lowest BCUT2D eigenvalue weighted by Gasteiger charge is -2.34. The minimum atomic E-state index is 0.0219. The molecule has 7 heteroatoms. The molecule has 0 unspecified atom stereocenters. The Morgan fingerprint density at radius 3 is 2.79 bits per heavy atom. The van der Waals surface area contributed by atoms with Gasteiger partial charge >= 0.3 is 0 Å². The molecule has 0 saturated carbocycles. The minimum Gasteiger partial charge on any atom is -0.493 e. The highest BCUT2D eigenvalue weighted by Gasteiger charge is 2.21. The standard InChI is InChI=1S/C21H25ClN4O2/c1-15-18(21(22)24(2)23-15)4-6-20(27)26-10-8-25(9-11-26)14-16-3-5-19-17(13-16)7-12-28-19/h3-6,13H,7-12,14H2,1-2H3/b6-4+. The van der Waals surface area contributed by atoms with Crippen molar-refractivity contribution in [2.75, 3.05) is 32.8 Å². The van der Waals surface area contributed by atoms with Crippen molar-refractivity contribution in [2.45, 2.75) is 19.9 Å². The number of hydrogen-bond acceptors (Lipinski definition) is 4. The lowest BCUT2D eigenvalue weighted by Crippen LogP contribution is -2.47. The Labute approximate surface area is 170 Å². The fourth-order valence-corrected chi connectivity index (χ4v) is 4.06. The molecule has 2 aliphatic heterocycles. The lowest BCUT2D eigenvalue weighted by atomic mass is 10.1. The van der Waals surface area contributed by atoms with E-state index in [1.807, 2.05) is 11.8 Å². The maximum absolute atomic E-state index is 12.5. The molecule has 1 amide bonds. The summed E-state index contributed by atoms with van der Waals surface area (Å²) in [5, 5.41) is 4.81. The Balaban J connectivity index is 1.31. The van der Waals surface area contributed by atoms with Crippen LogP contribution in [0.3, 0.4) is 0 Å². The number of aromatic nitrogens is 2. The molecular weight excluding hydrogens is 376 g/mol. The number of fused-ring (bicyclic) bond motifs is 1. The molecule has 6 nitrogen and oxygen atoms in total. The van der Waals surface area contributed by atoms with E-state index in [0.29, 0.717) is 5.15 Å². The van der Waals surface area contributed by atoms with Gasteiger partial charge < -0.3 is 9.64 Å². The predicted molar refractivity (Wildman–Crippen MR) is 109 cm³/mol. The fraction of sp³-hybridized carbons (Fsp3) is 0.429. The van der Waals surface area contributed by atoms with Crippen LogP contribution in [0, 0.1) is 6.92 Å². The van der Waals surface area contributed by atoms with Gasteiger partial charge in [-0.25, -0.2) is 0 Å². The summed E-state index contributed by atoms with van der Waals surface area (Å²) in [6, 6.07) is 6.47. The van der Waals surface area contributed by atoms with E-state index < -0.39 is 0 Å². The van der Waals surface area contributed by atoms with Gasteiger partial charge in [0.15, 0.2) is 0 Å². The van der Waals surface area contributed by atoms with Gasteiger partial charge in [0, 0.05) is 57.8 Å². The Hall–Kier alpha value is -2.31. The topological polar surface area (TPSA) is 50.6 Å². The number of carbonyl (C=O) groups excluding carboxylic acids is 1. The second kappa shape index (κ2) is 7.97. The number of aryl methyl sites for hydroxylation is 2. The second-order valence-corrected chi connectivity index (χ2v) is 7.75. The van der Waals surface area contributed by atoms with Gasteiger partial charge in [0.05, 0.1) is 12.3 Å². The average molecular weight is 401 g/mol. The van der Waals surface area contributed by atoms with Crippen molar-refractivity contribution in [3.63, 3.8) is 0 Å². The van der Waals surface area contributed by atoms with Crippen molar-refractivity contribution in [3.8, 4) is 5.75 Å². The molecular formula is C21H25ClN4O2. The monoisotopic (exact) mass is 400 g/mol. The molecule has 0 N–H and O–H groups in total. The molecule has 0 spiro atoms. The first-order valence-corrected chi connectivity index (χ1v) is 10.0. The number of rotatable bonds is 4. The SMILES string of the molecule is Cc1nn(C)c(Cl)c1/C=C/C(=O)N1CCN(Cc2ccc3c(c2)CCO3)CC1. The van der Waals surface area contributed by atoms with E-state index in [9.17, 15) is 4.79 Å². The number of carbonyl (C=O) groups is 1. The van der Waals surface area contributed by atoms with Crippen LogP contribution in [0.25, 0.3) is 6.08 Å². The summed E-state index contributed by atoms with van der Waals surface area (Å²) in [5.41, 5.74) is 4.24. The molecule has 0 aliphatic carbocycles. The van der Waals surface area contributed by atoms with Crippen LogP contribution >= 0.6 is 11.6 Å². The van der Waals surface area contributed by atoms with Gasteiger partial charge in [-0.15, -0.1) is 0 Å². The van der Waals surface area contributed by atoms with Crippen LogP contribution in [0.2, 0.25) is 5.15 Å². The normalized spacial score (nSPS) is 17.2. The number of nitrogens with zero attached hydrogens (tertiary/aromatic N) is 4. The van der Waals surface area contributed by atoms with Crippen molar-refractivity contribution in [1.29, 1.82) is 0 Å². The maximum atomic E-state index is 12.5. The molecule has 1 fully saturated rings. The van der Waals surface area contributed by atoms with Crippen molar-refractivity contribution < 1.29 is 9.53 Å². The van der Waals surface area contributed by atoms with Crippen LogP contribution in [0.5, 0.6) is 5.75 Å². The van der Waals surface area contributed by atoms with E-state index in [-0.39, 0.29) is 5.91 Å². The van der Waals surface area contributed by atoms with Gasteiger partial charge in [-0.3, -0.25) is 14.4 Å². The van der Waals surface area contributed by atoms with Crippen molar-refractivity contribution in [1.82, 2.24) is 19.6 Å². The summed E-state index contributed by atoms with van der Waals surface area (Å²) >= 11 is 6.22. The maximum Gasteiger partial charge on any atom is 0.246 e. The molecule has 1 aromatic heterocycles. The summed E-state index contributed by atoms with van der Waals surface area (Å²) in [5.74, 6) is 1.04. The number of piperazine rings is 1. The molecule has 3 heterocycles. The number of benzene rings is 1. The zero-order valence-corrected chi connectivity index (χ0v) is 17.1. The molecule has 1 saturated heterocycles. The third-order valence-corrected chi connectivity index (χ3v) is 5.88. The first kappa shape index (κ1) is 19.0. The predicted octanol–water partition coefficient (Wildman–Crippen LogP) is 2.67. The summed E-state index contributed by atoms with van der Waals surface area (Å²) in [7, 11) is 1.79. The fourth-order valence-electron chi connectivity index (χ4n) is 3.82. The molecule has 0 radical (unpaired) electrons. The smallest absolute Gasteiger partial charge is 0.246 e. The van der Waals surface area contributed by atoms with Crippen molar-refractivity contribution >= 4 is 23.6 Å². The van der Waals surface area contributed by atoms with Crippen molar-refractivity contribution in [2.24, 2.45) is 7.05 Å². The van der Waals surface area contributed by atoms with E-state index in [0.717, 1.165) is 62.8 Å². The largest absolute Gasteiger partial charge is 0.493 e. The molecule has 4 rings (SSSR count). The quantitative estimate of drug-likeness (QED) is 0.740. The number of amides is 1. The summed E-state index contributed by atoms with van der Waals surface area (Å²) in [6.45, 7) is 6.81. The van der Waals surface area contributed by atoms with Crippen LogP contribution in [-0.4, -0.2) is 58.3 Å². The minimum absolute atomic E-state index is 0.0219. The van der Waals surface area contributed by atoms with E-state index in [2.05, 4.69) is 28.2 Å². The second-order valence-electron chi connectivity index (χ2n) is 7.39. The Morgan fingerprint density at radius 1 is 1.29 bits per heavy atom. The van der Waals surface area contributed by atoms with E-state index >= 15 is 0 Å². The zero-order chi connectivity index (χ0) is 19.7. The molecule has 2 aromatic rings. The molecule has 1 aromatic carbocycles. The van der Waals surface area contributed by atoms with Crippen LogP contribution in [0.4, 0.5) is 0 Å². The van der Waals surface area contributed by atoms with E-state index in [1.165, 1.54) is 11.1 Å². The summed E-state index contributed by atoms with van der Waals surface area (Å²) < 4.78 is 7.19. The lowest BCUT2D eigenvalue weighted by molar-refractivity contribution is -0.127. The van der Waals surface area contributed by atoms with Gasteiger partial charge in [0.25, 0.3) is 0 Å². The van der Waals surface area contributed by atoms with E-state index in [1.54, 1.807) is 23.9 Å². The van der Waals surface area contributed by atoms with Crippen molar-refractivity contribution in [3.05, 3.63) is 51.8 Å². The van der Waals surface area contributed by atoms with Gasteiger partial charge in [-0.1, -0.05) is 23.7 Å². The highest BCUT2D eigenvalue weighted by Crippen LogP contribution is 2.26. The average Bonchev–Trinajstić information content (AvgIpc) is 3.25. The Kier molecular flexibility index (Phi) is 5.42. The van der Waals surface area contributed by atoms with Crippen LogP contribution in [-0.2, 0) is 24.8 Å². The number of halogens is 1. The number of hydrogen-bond donors (Lipinski definition) is 0. The van der Waals surface area contributed by atoms with Gasteiger partial charge in [-0.05, 0) is 30.2 Å². The first-order valence-electron chi connectivity index (χ1n) is 9.64. The molecule has 28 heavy (non-hydrogen) atoms. The van der Waals surface area contributed by atoms with Gasteiger partial charge in [0.2, 0.25) is 5.91 Å².